The summed E-state index contributed by atoms with van der Waals surface area (Å²) < 4.78 is 11.3. The predicted octanol–water partition coefficient (Wildman–Crippen LogP) is 1.20. The van der Waals surface area contributed by atoms with E-state index in [9.17, 15) is 24.3 Å². The molecule has 0 heterocycles. The molecule has 0 aliphatic heterocycles. The standard InChI is InChI=1S/C28H37ClO7.Na.H/c1-6-23(33)35-15-22(32)28(36-24(34)7-2)16(3)12-20-19-9-8-17-13-18(30)10-11-25(17,4)27(19,29)21(31)14-26(20,28)5;;/h10-11,13,16,19-21,31H,6-9,12,14-15H2,1-5H3;;/q;+1;-1/t16-,19-,20-,21-,25-,26-,27?,28-;;/m0../s1. The molecular formula is C28H38ClNaO7. The fourth-order valence-electron chi connectivity index (χ4n) is 8.01. The molecule has 0 amide bonds. The van der Waals surface area contributed by atoms with Crippen molar-refractivity contribution in [2.45, 2.75) is 89.7 Å². The maximum Gasteiger partial charge on any atom is 1.00 e. The zero-order valence-electron chi connectivity index (χ0n) is 23.8. The minimum Gasteiger partial charge on any atom is -1.00 e. The van der Waals surface area contributed by atoms with Crippen LogP contribution in [-0.2, 0) is 28.7 Å². The van der Waals surface area contributed by atoms with Gasteiger partial charge in [0.05, 0.1) is 11.0 Å². The van der Waals surface area contributed by atoms with Gasteiger partial charge in [0.2, 0.25) is 5.78 Å². The summed E-state index contributed by atoms with van der Waals surface area (Å²) in [5.74, 6) is -2.24. The molecule has 9 heteroatoms. The van der Waals surface area contributed by atoms with Crippen LogP contribution in [0.15, 0.2) is 23.8 Å². The van der Waals surface area contributed by atoms with Crippen molar-refractivity contribution in [2.75, 3.05) is 6.61 Å². The van der Waals surface area contributed by atoms with Crippen LogP contribution >= 0.6 is 11.6 Å². The molecule has 0 saturated heterocycles. The summed E-state index contributed by atoms with van der Waals surface area (Å²) >= 11 is 7.48. The Morgan fingerprint density at radius 3 is 2.43 bits per heavy atom. The number of fused-ring (bicyclic) bond motifs is 5. The van der Waals surface area contributed by atoms with Crippen molar-refractivity contribution in [1.29, 1.82) is 0 Å². The number of ether oxygens (including phenoxy) is 2. The molecule has 8 atom stereocenters. The Labute approximate surface area is 247 Å². The van der Waals surface area contributed by atoms with E-state index in [1.807, 2.05) is 26.8 Å². The third kappa shape index (κ3) is 4.23. The van der Waals surface area contributed by atoms with Crippen LogP contribution in [0.5, 0.6) is 0 Å². The van der Waals surface area contributed by atoms with Crippen molar-refractivity contribution in [2.24, 2.45) is 28.6 Å². The number of aliphatic hydroxyl groups excluding tert-OH is 1. The second kappa shape index (κ2) is 10.5. The molecule has 200 valence electrons. The van der Waals surface area contributed by atoms with E-state index in [0.717, 1.165) is 5.57 Å². The van der Waals surface area contributed by atoms with Gasteiger partial charge in [-0.05, 0) is 49.7 Å². The van der Waals surface area contributed by atoms with Crippen molar-refractivity contribution < 1.29 is 64.7 Å². The van der Waals surface area contributed by atoms with E-state index in [4.69, 9.17) is 21.1 Å². The number of rotatable bonds is 6. The average Bonchev–Trinajstić information content (AvgIpc) is 3.05. The summed E-state index contributed by atoms with van der Waals surface area (Å²) in [5, 5.41) is 11.8. The largest absolute Gasteiger partial charge is 1.00 e. The average molecular weight is 545 g/mol. The third-order valence-corrected chi connectivity index (χ3v) is 10.7. The molecule has 4 rings (SSSR count). The molecule has 3 saturated carbocycles. The van der Waals surface area contributed by atoms with Gasteiger partial charge in [-0.25, -0.2) is 0 Å². The second-order valence-electron chi connectivity index (χ2n) is 11.4. The summed E-state index contributed by atoms with van der Waals surface area (Å²) in [7, 11) is 0. The number of esters is 2. The SMILES string of the molecule is CCC(=O)OCC(=O)[C@@]1(OC(=O)CC)[C@@H](C)C[C@H]2[C@@H]3CCC4=CC(=O)C=C[C@]4(C)C3(Cl)[C@@H](O)C[C@@]21C.[H-].[Na+]. The first-order valence-corrected chi connectivity index (χ1v) is 13.4. The van der Waals surface area contributed by atoms with Gasteiger partial charge in [0.25, 0.3) is 0 Å². The van der Waals surface area contributed by atoms with Gasteiger partial charge in [-0.1, -0.05) is 46.3 Å². The molecule has 4 aliphatic rings. The minimum absolute atomic E-state index is 0. The van der Waals surface area contributed by atoms with E-state index < -0.39 is 51.7 Å². The van der Waals surface area contributed by atoms with Crippen LogP contribution in [0.4, 0.5) is 0 Å². The molecule has 1 unspecified atom stereocenters. The van der Waals surface area contributed by atoms with Gasteiger partial charge < -0.3 is 16.0 Å². The van der Waals surface area contributed by atoms with Crippen molar-refractivity contribution >= 4 is 35.1 Å². The molecular weight excluding hydrogens is 507 g/mol. The molecule has 0 aromatic rings. The van der Waals surface area contributed by atoms with Gasteiger partial charge >= 0.3 is 41.5 Å². The maximum absolute atomic E-state index is 13.9. The first kappa shape index (κ1) is 30.6. The van der Waals surface area contributed by atoms with Gasteiger partial charge in [-0.15, -0.1) is 11.6 Å². The van der Waals surface area contributed by atoms with Crippen LogP contribution in [0.3, 0.4) is 0 Å². The van der Waals surface area contributed by atoms with Gasteiger partial charge in [0.15, 0.2) is 18.0 Å². The van der Waals surface area contributed by atoms with Crippen molar-refractivity contribution in [1.82, 2.24) is 0 Å². The van der Waals surface area contributed by atoms with Crippen LogP contribution in [-0.4, -0.2) is 51.8 Å². The Hall–Kier alpha value is -0.990. The van der Waals surface area contributed by atoms with Crippen molar-refractivity contribution in [3.8, 4) is 0 Å². The molecule has 0 spiro atoms. The number of carbonyl (C=O) groups excluding carboxylic acids is 4. The predicted molar refractivity (Wildman–Crippen MR) is 134 cm³/mol. The zero-order chi connectivity index (χ0) is 26.7. The fraction of sp³-hybridized carbons (Fsp3) is 0.714. The number of hydrogen-bond donors (Lipinski definition) is 1. The first-order chi connectivity index (χ1) is 16.8. The summed E-state index contributed by atoms with van der Waals surface area (Å²) in [5.41, 5.74) is -2.27. The smallest absolute Gasteiger partial charge is 1.00 e. The van der Waals surface area contributed by atoms with E-state index in [1.54, 1.807) is 19.9 Å². The Balaban J connectivity index is 0.00000253. The number of aliphatic hydroxyl groups is 1. The molecule has 7 nitrogen and oxygen atoms in total. The zero-order valence-corrected chi connectivity index (χ0v) is 25.5. The van der Waals surface area contributed by atoms with Gasteiger partial charge in [0.1, 0.15) is 0 Å². The summed E-state index contributed by atoms with van der Waals surface area (Å²) in [4.78, 5) is 49.5. The Bertz CT molecular complexity index is 1060. The number of alkyl halides is 1. The Morgan fingerprint density at radius 1 is 1.16 bits per heavy atom. The third-order valence-electron chi connectivity index (χ3n) is 9.81. The molecule has 37 heavy (non-hydrogen) atoms. The molecule has 0 radical (unpaired) electrons. The van der Waals surface area contributed by atoms with Crippen LogP contribution < -0.4 is 29.6 Å². The second-order valence-corrected chi connectivity index (χ2v) is 12.0. The number of carbonyl (C=O) groups is 4. The summed E-state index contributed by atoms with van der Waals surface area (Å²) in [6.07, 6.45) is 6.18. The number of halogens is 1. The molecule has 3 fully saturated rings. The van der Waals surface area contributed by atoms with Crippen LogP contribution in [0, 0.1) is 28.6 Å². The van der Waals surface area contributed by atoms with E-state index in [-0.39, 0.29) is 73.8 Å². The van der Waals surface area contributed by atoms with E-state index in [0.29, 0.717) is 19.3 Å². The molecule has 0 aromatic heterocycles. The Morgan fingerprint density at radius 2 is 1.81 bits per heavy atom. The molecule has 1 N–H and O–H groups in total. The van der Waals surface area contributed by atoms with E-state index in [1.165, 1.54) is 6.08 Å². The van der Waals surface area contributed by atoms with Crippen LogP contribution in [0.2, 0.25) is 0 Å². The van der Waals surface area contributed by atoms with Gasteiger partial charge in [0, 0.05) is 29.6 Å². The topological polar surface area (TPSA) is 107 Å². The fourth-order valence-corrected chi connectivity index (χ4v) is 8.53. The number of allylic oxidation sites excluding steroid dienone is 4. The number of Topliss-reactive ketones (excluding diaryl/α,β-unsaturated/α-hetero) is 1. The quantitative estimate of drug-likeness (QED) is 0.304. The van der Waals surface area contributed by atoms with E-state index >= 15 is 0 Å². The molecule has 0 aromatic carbocycles. The Kier molecular flexibility index (Phi) is 8.70. The molecule has 4 aliphatic carbocycles. The van der Waals surface area contributed by atoms with Crippen molar-refractivity contribution in [3.63, 3.8) is 0 Å². The summed E-state index contributed by atoms with van der Waals surface area (Å²) in [6, 6.07) is 0. The van der Waals surface area contributed by atoms with Crippen LogP contribution in [0.25, 0.3) is 0 Å². The number of ketones is 2. The van der Waals surface area contributed by atoms with Crippen LogP contribution in [0.1, 0.15) is 74.6 Å². The number of hydrogen-bond acceptors (Lipinski definition) is 7. The van der Waals surface area contributed by atoms with Crippen molar-refractivity contribution in [3.05, 3.63) is 23.8 Å². The summed E-state index contributed by atoms with van der Waals surface area (Å²) in [6.45, 7) is 8.61. The monoisotopic (exact) mass is 544 g/mol. The minimum atomic E-state index is -1.55. The normalized spacial score (nSPS) is 41.9. The van der Waals surface area contributed by atoms with Gasteiger partial charge in [-0.3, -0.25) is 19.2 Å². The first-order valence-electron chi connectivity index (χ1n) is 13.0. The molecule has 0 bridgehead atoms. The van der Waals surface area contributed by atoms with E-state index in [2.05, 4.69) is 0 Å². The maximum atomic E-state index is 13.9. The van der Waals surface area contributed by atoms with Gasteiger partial charge in [-0.2, -0.15) is 0 Å².